The minimum Gasteiger partial charge on any atom is -0.463 e. The van der Waals surface area contributed by atoms with Gasteiger partial charge in [0.25, 0.3) is 0 Å². The summed E-state index contributed by atoms with van der Waals surface area (Å²) in [6.45, 7) is 1.93. The second kappa shape index (κ2) is 6.90. The summed E-state index contributed by atoms with van der Waals surface area (Å²) in [5.41, 5.74) is 3.35. The van der Waals surface area contributed by atoms with Crippen molar-refractivity contribution in [1.82, 2.24) is 4.98 Å². The van der Waals surface area contributed by atoms with Gasteiger partial charge in [-0.15, -0.1) is 0 Å². The number of ether oxygens (including phenoxy) is 1. The predicted octanol–water partition coefficient (Wildman–Crippen LogP) is 4.93. The van der Waals surface area contributed by atoms with Crippen LogP contribution in [0.3, 0.4) is 0 Å². The number of para-hydroxylation sites is 1. The summed E-state index contributed by atoms with van der Waals surface area (Å²) in [5.74, 6) is 0.803. The summed E-state index contributed by atoms with van der Waals surface area (Å²) >= 11 is 0. The van der Waals surface area contributed by atoms with Gasteiger partial charge in [-0.1, -0.05) is 54.6 Å². The standard InChI is InChI=1S/C20H19NO/c1-2-15-22-19-10-6-9-17-12-14-18(21-20(17)19)13-11-16-7-4-3-5-8-16/h2-10,12,14-15H,11,13H2,1H3/b15-2+. The molecule has 1 aromatic heterocycles. The maximum atomic E-state index is 5.64. The van der Waals surface area contributed by atoms with Crippen LogP contribution < -0.4 is 4.74 Å². The fraction of sp³-hybridized carbons (Fsp3) is 0.150. The lowest BCUT2D eigenvalue weighted by Gasteiger charge is -2.07. The van der Waals surface area contributed by atoms with E-state index in [-0.39, 0.29) is 0 Å². The average Bonchev–Trinajstić information content (AvgIpc) is 2.59. The maximum absolute atomic E-state index is 5.64. The summed E-state index contributed by atoms with van der Waals surface area (Å²) in [6, 6.07) is 20.7. The minimum absolute atomic E-state index is 0.803. The molecule has 3 rings (SSSR count). The molecular formula is C20H19NO. The molecule has 0 atom stereocenters. The monoisotopic (exact) mass is 289 g/mol. The molecule has 0 unspecified atom stereocenters. The molecule has 2 heteroatoms. The first-order valence-corrected chi connectivity index (χ1v) is 7.57. The highest BCUT2D eigenvalue weighted by Crippen LogP contribution is 2.24. The Bertz CT molecular complexity index is 778. The normalized spacial score (nSPS) is 11.1. The largest absolute Gasteiger partial charge is 0.463 e. The molecule has 0 N–H and O–H groups in total. The highest BCUT2D eigenvalue weighted by molar-refractivity contribution is 5.84. The van der Waals surface area contributed by atoms with E-state index in [1.54, 1.807) is 6.26 Å². The molecule has 2 nitrogen and oxygen atoms in total. The Balaban J connectivity index is 1.85. The van der Waals surface area contributed by atoms with Crippen molar-refractivity contribution >= 4 is 10.9 Å². The lowest BCUT2D eigenvalue weighted by Crippen LogP contribution is -1.96. The quantitative estimate of drug-likeness (QED) is 0.621. The Hall–Kier alpha value is -2.61. The van der Waals surface area contributed by atoms with Crippen LogP contribution in [0, 0.1) is 0 Å². The van der Waals surface area contributed by atoms with E-state index in [1.165, 1.54) is 5.56 Å². The molecule has 3 aromatic rings. The van der Waals surface area contributed by atoms with Crippen LogP contribution in [0.5, 0.6) is 5.75 Å². The fourth-order valence-corrected chi connectivity index (χ4v) is 2.45. The summed E-state index contributed by atoms with van der Waals surface area (Å²) in [5, 5.41) is 1.10. The SMILES string of the molecule is C/C=C/Oc1cccc2ccc(CCc3ccccc3)nc12. The van der Waals surface area contributed by atoms with E-state index in [9.17, 15) is 0 Å². The van der Waals surface area contributed by atoms with Crippen LogP contribution >= 0.6 is 0 Å². The van der Waals surface area contributed by atoms with Gasteiger partial charge in [0.2, 0.25) is 0 Å². The second-order valence-electron chi connectivity index (χ2n) is 5.20. The van der Waals surface area contributed by atoms with Crippen LogP contribution in [0.25, 0.3) is 10.9 Å². The van der Waals surface area contributed by atoms with E-state index in [1.807, 2.05) is 31.2 Å². The number of nitrogens with zero attached hydrogens (tertiary/aromatic N) is 1. The molecule has 0 aliphatic carbocycles. The van der Waals surface area contributed by atoms with Crippen LogP contribution in [0.2, 0.25) is 0 Å². The van der Waals surface area contributed by atoms with Crippen molar-refractivity contribution in [2.24, 2.45) is 0 Å². The van der Waals surface area contributed by atoms with E-state index in [0.717, 1.165) is 35.2 Å². The van der Waals surface area contributed by atoms with Crippen LogP contribution in [0.15, 0.2) is 73.0 Å². The number of hydrogen-bond acceptors (Lipinski definition) is 2. The van der Waals surface area contributed by atoms with Gasteiger partial charge < -0.3 is 4.74 Å². The first-order chi connectivity index (χ1) is 10.9. The molecule has 110 valence electrons. The van der Waals surface area contributed by atoms with Gasteiger partial charge in [0.15, 0.2) is 5.75 Å². The topological polar surface area (TPSA) is 22.1 Å². The van der Waals surface area contributed by atoms with Gasteiger partial charge in [-0.05, 0) is 37.5 Å². The minimum atomic E-state index is 0.803. The molecule has 0 saturated carbocycles. The number of benzene rings is 2. The molecule has 0 radical (unpaired) electrons. The van der Waals surface area contributed by atoms with Crippen LogP contribution in [-0.2, 0) is 12.8 Å². The number of aromatic nitrogens is 1. The van der Waals surface area contributed by atoms with E-state index in [2.05, 4.69) is 42.5 Å². The highest BCUT2D eigenvalue weighted by Gasteiger charge is 2.05. The van der Waals surface area contributed by atoms with Crippen molar-refractivity contribution in [3.63, 3.8) is 0 Å². The maximum Gasteiger partial charge on any atom is 0.152 e. The molecule has 0 aliphatic rings. The smallest absolute Gasteiger partial charge is 0.152 e. The Morgan fingerprint density at radius 2 is 1.77 bits per heavy atom. The van der Waals surface area contributed by atoms with Crippen molar-refractivity contribution in [2.45, 2.75) is 19.8 Å². The number of rotatable bonds is 5. The van der Waals surface area contributed by atoms with Crippen LogP contribution in [0.4, 0.5) is 0 Å². The van der Waals surface area contributed by atoms with E-state index >= 15 is 0 Å². The third-order valence-electron chi connectivity index (χ3n) is 3.58. The zero-order valence-corrected chi connectivity index (χ0v) is 12.7. The molecule has 1 heterocycles. The summed E-state index contributed by atoms with van der Waals surface area (Å²) < 4.78 is 5.64. The Morgan fingerprint density at radius 1 is 0.909 bits per heavy atom. The average molecular weight is 289 g/mol. The molecule has 0 spiro atoms. The van der Waals surface area contributed by atoms with Gasteiger partial charge in [0.1, 0.15) is 5.52 Å². The van der Waals surface area contributed by atoms with Crippen molar-refractivity contribution in [1.29, 1.82) is 0 Å². The molecule has 0 aliphatic heterocycles. The Morgan fingerprint density at radius 3 is 2.59 bits per heavy atom. The summed E-state index contributed by atoms with van der Waals surface area (Å²) in [7, 11) is 0. The van der Waals surface area contributed by atoms with E-state index in [4.69, 9.17) is 9.72 Å². The van der Waals surface area contributed by atoms with E-state index in [0.29, 0.717) is 0 Å². The fourth-order valence-electron chi connectivity index (χ4n) is 2.45. The molecule has 0 amide bonds. The van der Waals surface area contributed by atoms with Gasteiger partial charge in [0.05, 0.1) is 6.26 Å². The van der Waals surface area contributed by atoms with Crippen molar-refractivity contribution in [2.75, 3.05) is 0 Å². The number of pyridine rings is 1. The van der Waals surface area contributed by atoms with Gasteiger partial charge in [0, 0.05) is 11.1 Å². The summed E-state index contributed by atoms with van der Waals surface area (Å²) in [6.07, 6.45) is 5.49. The Labute approximate surface area is 131 Å². The molecule has 0 bridgehead atoms. The van der Waals surface area contributed by atoms with Gasteiger partial charge in [-0.25, -0.2) is 4.98 Å². The molecule has 2 aromatic carbocycles. The first kappa shape index (κ1) is 14.3. The predicted molar refractivity (Wildman–Crippen MR) is 91.0 cm³/mol. The number of fused-ring (bicyclic) bond motifs is 1. The first-order valence-electron chi connectivity index (χ1n) is 7.57. The molecule has 22 heavy (non-hydrogen) atoms. The van der Waals surface area contributed by atoms with Gasteiger partial charge in [-0.3, -0.25) is 0 Å². The van der Waals surface area contributed by atoms with Crippen LogP contribution in [0.1, 0.15) is 18.2 Å². The summed E-state index contributed by atoms with van der Waals surface area (Å²) in [4.78, 5) is 4.78. The lowest BCUT2D eigenvalue weighted by atomic mass is 10.1. The highest BCUT2D eigenvalue weighted by atomic mass is 16.5. The van der Waals surface area contributed by atoms with Crippen molar-refractivity contribution < 1.29 is 4.74 Å². The number of aryl methyl sites for hydroxylation is 2. The molecular weight excluding hydrogens is 270 g/mol. The van der Waals surface area contributed by atoms with Gasteiger partial charge >= 0.3 is 0 Å². The third-order valence-corrected chi connectivity index (χ3v) is 3.58. The van der Waals surface area contributed by atoms with Crippen LogP contribution in [-0.4, -0.2) is 4.98 Å². The second-order valence-corrected chi connectivity index (χ2v) is 5.20. The Kier molecular flexibility index (Phi) is 4.50. The zero-order chi connectivity index (χ0) is 15.2. The zero-order valence-electron chi connectivity index (χ0n) is 12.7. The third kappa shape index (κ3) is 3.34. The number of allylic oxidation sites excluding steroid dienone is 1. The molecule has 0 fully saturated rings. The van der Waals surface area contributed by atoms with Gasteiger partial charge in [-0.2, -0.15) is 0 Å². The van der Waals surface area contributed by atoms with Crippen molar-refractivity contribution in [3.8, 4) is 5.75 Å². The van der Waals surface area contributed by atoms with E-state index < -0.39 is 0 Å². The molecule has 0 saturated heterocycles. The lowest BCUT2D eigenvalue weighted by molar-refractivity contribution is 0.485. The van der Waals surface area contributed by atoms with Crippen molar-refractivity contribution in [3.05, 3.63) is 84.3 Å². The number of hydrogen-bond donors (Lipinski definition) is 0.